The molecule has 0 bridgehead atoms. The van der Waals surface area contributed by atoms with E-state index < -0.39 is 0 Å². The van der Waals surface area contributed by atoms with Crippen LogP contribution in [0.3, 0.4) is 0 Å². The molecule has 1 aromatic carbocycles. The lowest BCUT2D eigenvalue weighted by molar-refractivity contribution is 0.232. The van der Waals surface area contributed by atoms with Crippen LogP contribution in [-0.2, 0) is 0 Å². The molecule has 1 saturated carbocycles. The van der Waals surface area contributed by atoms with Crippen LogP contribution in [0.1, 0.15) is 63.5 Å². The van der Waals surface area contributed by atoms with Crippen LogP contribution in [-0.4, -0.2) is 0 Å². The van der Waals surface area contributed by atoms with Crippen LogP contribution in [0.25, 0.3) is 0 Å². The van der Waals surface area contributed by atoms with E-state index in [1.807, 2.05) is 18.2 Å². The van der Waals surface area contributed by atoms with E-state index >= 15 is 0 Å². The maximum Gasteiger partial charge on any atom is 0.0409 e. The maximum absolute atomic E-state index is 6.43. The van der Waals surface area contributed by atoms with Crippen LogP contribution in [0.4, 0.5) is 0 Å². The molecule has 0 aromatic heterocycles. The van der Waals surface area contributed by atoms with Crippen molar-refractivity contribution in [2.75, 3.05) is 0 Å². The van der Waals surface area contributed by atoms with Crippen molar-refractivity contribution >= 4 is 11.6 Å². The number of hydrogen-bond donors (Lipinski definition) is 1. The summed E-state index contributed by atoms with van der Waals surface area (Å²) < 4.78 is 0. The average molecular weight is 280 g/mol. The van der Waals surface area contributed by atoms with E-state index in [0.717, 1.165) is 10.9 Å². The van der Waals surface area contributed by atoms with E-state index in [1.54, 1.807) is 0 Å². The summed E-state index contributed by atoms with van der Waals surface area (Å²) in [7, 11) is 0. The number of benzene rings is 1. The normalized spacial score (nSPS) is 25.2. The van der Waals surface area contributed by atoms with Gasteiger partial charge in [0.25, 0.3) is 0 Å². The Labute approximate surface area is 122 Å². The van der Waals surface area contributed by atoms with Gasteiger partial charge in [-0.25, -0.2) is 0 Å². The lowest BCUT2D eigenvalue weighted by Crippen LogP contribution is -2.26. The highest BCUT2D eigenvalue weighted by atomic mass is 35.5. The molecule has 2 heteroatoms. The van der Waals surface area contributed by atoms with Gasteiger partial charge >= 0.3 is 0 Å². The topological polar surface area (TPSA) is 26.0 Å². The zero-order valence-electron chi connectivity index (χ0n) is 11.9. The van der Waals surface area contributed by atoms with Crippen molar-refractivity contribution in [3.63, 3.8) is 0 Å². The largest absolute Gasteiger partial charge is 0.324 e. The molecule has 2 N–H and O–H groups in total. The molecule has 0 radical (unpaired) electrons. The average Bonchev–Trinajstić information content (AvgIpc) is 2.45. The second-order valence-corrected chi connectivity index (χ2v) is 6.44. The Hall–Kier alpha value is -0.530. The Morgan fingerprint density at radius 1 is 1.26 bits per heavy atom. The lowest BCUT2D eigenvalue weighted by Gasteiger charge is -2.32. The highest BCUT2D eigenvalue weighted by Crippen LogP contribution is 2.37. The van der Waals surface area contributed by atoms with E-state index in [1.165, 1.54) is 50.5 Å². The molecule has 1 aliphatic rings. The Morgan fingerprint density at radius 2 is 2.00 bits per heavy atom. The fraction of sp³-hybridized carbons (Fsp3) is 0.647. The molecule has 2 rings (SSSR count). The van der Waals surface area contributed by atoms with Crippen molar-refractivity contribution in [1.82, 2.24) is 0 Å². The summed E-state index contributed by atoms with van der Waals surface area (Å²) in [4.78, 5) is 0. The van der Waals surface area contributed by atoms with Crippen LogP contribution in [0, 0.1) is 11.8 Å². The van der Waals surface area contributed by atoms with Gasteiger partial charge in [-0.1, -0.05) is 62.8 Å². The van der Waals surface area contributed by atoms with Crippen LogP contribution in [0.2, 0.25) is 5.02 Å². The minimum absolute atomic E-state index is 0.158. The van der Waals surface area contributed by atoms with Crippen LogP contribution < -0.4 is 5.73 Å². The van der Waals surface area contributed by atoms with Gasteiger partial charge in [0.1, 0.15) is 0 Å². The van der Waals surface area contributed by atoms with Crippen molar-refractivity contribution in [2.45, 2.75) is 57.9 Å². The van der Waals surface area contributed by atoms with Crippen molar-refractivity contribution in [3.05, 3.63) is 34.9 Å². The molecule has 0 saturated heterocycles. The van der Waals surface area contributed by atoms with Crippen LogP contribution >= 0.6 is 11.6 Å². The highest BCUT2D eigenvalue weighted by Gasteiger charge is 2.26. The minimum atomic E-state index is 0.158. The Balaban J connectivity index is 1.87. The molecule has 1 atom stereocenters. The van der Waals surface area contributed by atoms with Crippen LogP contribution in [0.5, 0.6) is 0 Å². The number of halogens is 1. The third-order valence-corrected chi connectivity index (χ3v) is 4.83. The molecular formula is C17H26ClN. The molecule has 106 valence electrons. The van der Waals surface area contributed by atoms with E-state index in [2.05, 4.69) is 13.0 Å². The third-order valence-electron chi connectivity index (χ3n) is 4.60. The van der Waals surface area contributed by atoms with Gasteiger partial charge < -0.3 is 5.73 Å². The summed E-state index contributed by atoms with van der Waals surface area (Å²) in [5, 5.41) is 0.796. The van der Waals surface area contributed by atoms with Crippen molar-refractivity contribution in [2.24, 2.45) is 17.6 Å². The fourth-order valence-electron chi connectivity index (χ4n) is 3.31. The maximum atomic E-state index is 6.43. The molecule has 19 heavy (non-hydrogen) atoms. The predicted molar refractivity (Wildman–Crippen MR) is 83.4 cm³/mol. The van der Waals surface area contributed by atoms with E-state index in [-0.39, 0.29) is 6.04 Å². The number of unbranched alkanes of at least 4 members (excludes halogenated alkanes) is 1. The molecule has 0 aliphatic heterocycles. The van der Waals surface area contributed by atoms with E-state index in [4.69, 9.17) is 17.3 Å². The summed E-state index contributed by atoms with van der Waals surface area (Å²) in [5.41, 5.74) is 7.62. The Morgan fingerprint density at radius 3 is 2.63 bits per heavy atom. The summed E-state index contributed by atoms with van der Waals surface area (Å²) in [5.74, 6) is 1.58. The zero-order valence-corrected chi connectivity index (χ0v) is 12.7. The van der Waals surface area contributed by atoms with Gasteiger partial charge in [-0.2, -0.15) is 0 Å². The van der Waals surface area contributed by atoms with Gasteiger partial charge in [0.15, 0.2) is 0 Å². The Bertz CT molecular complexity index is 383. The van der Waals surface area contributed by atoms with Crippen molar-refractivity contribution in [1.29, 1.82) is 0 Å². The number of rotatable bonds is 5. The lowest BCUT2D eigenvalue weighted by atomic mass is 9.75. The summed E-state index contributed by atoms with van der Waals surface area (Å²) in [6, 6.07) is 8.21. The van der Waals surface area contributed by atoms with Gasteiger partial charge in [0, 0.05) is 11.1 Å². The Kier molecular flexibility index (Phi) is 5.72. The second kappa shape index (κ2) is 7.31. The standard InChI is InChI=1S/C17H26ClN/c1-2-3-5-13-8-10-14(11-9-13)17(19)15-6-4-7-16(18)12-15/h4,6-7,12-14,17H,2-3,5,8-11,19H2,1H3. The quantitative estimate of drug-likeness (QED) is 0.774. The van der Waals surface area contributed by atoms with Gasteiger partial charge in [-0.15, -0.1) is 0 Å². The van der Waals surface area contributed by atoms with Gasteiger partial charge in [-0.05, 0) is 42.4 Å². The number of hydrogen-bond acceptors (Lipinski definition) is 1. The zero-order chi connectivity index (χ0) is 13.7. The van der Waals surface area contributed by atoms with Crippen LogP contribution in [0.15, 0.2) is 24.3 Å². The molecule has 1 aromatic rings. The first kappa shape index (κ1) is 14.9. The molecular weight excluding hydrogens is 254 g/mol. The highest BCUT2D eigenvalue weighted by molar-refractivity contribution is 6.30. The smallest absolute Gasteiger partial charge is 0.0409 e. The second-order valence-electron chi connectivity index (χ2n) is 6.00. The van der Waals surface area contributed by atoms with E-state index in [9.17, 15) is 0 Å². The van der Waals surface area contributed by atoms with Gasteiger partial charge in [0.05, 0.1) is 0 Å². The summed E-state index contributed by atoms with van der Waals surface area (Å²) >= 11 is 6.05. The minimum Gasteiger partial charge on any atom is -0.324 e. The first-order valence-electron chi connectivity index (χ1n) is 7.71. The predicted octanol–water partition coefficient (Wildman–Crippen LogP) is 5.34. The van der Waals surface area contributed by atoms with Gasteiger partial charge in [-0.3, -0.25) is 0 Å². The summed E-state index contributed by atoms with van der Waals surface area (Å²) in [6.45, 7) is 2.28. The van der Waals surface area contributed by atoms with E-state index in [0.29, 0.717) is 5.92 Å². The molecule has 1 fully saturated rings. The number of nitrogens with two attached hydrogens (primary N) is 1. The molecule has 0 heterocycles. The first-order valence-corrected chi connectivity index (χ1v) is 8.09. The summed E-state index contributed by atoms with van der Waals surface area (Å²) in [6.07, 6.45) is 9.40. The van der Waals surface area contributed by atoms with Gasteiger partial charge in [0.2, 0.25) is 0 Å². The monoisotopic (exact) mass is 279 g/mol. The molecule has 1 nitrogen and oxygen atoms in total. The van der Waals surface area contributed by atoms with Crippen molar-refractivity contribution < 1.29 is 0 Å². The third kappa shape index (κ3) is 4.22. The molecule has 1 aliphatic carbocycles. The first-order chi connectivity index (χ1) is 9.20. The molecule has 1 unspecified atom stereocenters. The fourth-order valence-corrected chi connectivity index (χ4v) is 3.51. The SMILES string of the molecule is CCCCC1CCC(C(N)c2cccc(Cl)c2)CC1. The molecule has 0 spiro atoms. The van der Waals surface area contributed by atoms with Crippen molar-refractivity contribution in [3.8, 4) is 0 Å². The molecule has 0 amide bonds.